The Morgan fingerprint density at radius 3 is 2.26 bits per heavy atom. The van der Waals surface area contributed by atoms with Crippen LogP contribution in [0.2, 0.25) is 0 Å². The van der Waals surface area contributed by atoms with Crippen molar-refractivity contribution in [3.05, 3.63) is 150 Å². The topological polar surface area (TPSA) is 48.6 Å². The highest BCUT2D eigenvalue weighted by Crippen LogP contribution is 2.47. The lowest BCUT2D eigenvalue weighted by Crippen LogP contribution is -2.36. The molecule has 5 rings (SSSR count). The normalized spacial score (nSPS) is 23.2. The standard InChI is InChI=1S/C23H27N.C16H16N2.2C2H6/c1-3-8-20-15-23(2,16-20)18-24-17-19-9-7-12-22(14-13-19)21-10-5-4-6-11-21;1-18-16(17)15-10-6-5-9-14(11-12-15)13-7-3-2-4-8-13;2*1-2/h3-7,9-13,17,20H,1,8,14-16,18H2,2H3;2-5,7-12,14,17H,1,6H2;2*1-2H3/b;9-5-,12-11?,15-10+,17-16?;;. The molecule has 3 heteroatoms. The van der Waals surface area contributed by atoms with Gasteiger partial charge < -0.3 is 0 Å². The quantitative estimate of drug-likeness (QED) is 0.175. The van der Waals surface area contributed by atoms with Crippen LogP contribution in [-0.2, 0) is 0 Å². The highest BCUT2D eigenvalue weighted by molar-refractivity contribution is 6.01. The van der Waals surface area contributed by atoms with E-state index in [9.17, 15) is 0 Å². The minimum Gasteiger partial charge on any atom is -0.292 e. The summed E-state index contributed by atoms with van der Waals surface area (Å²) in [4.78, 5) is 8.40. The Hall–Kier alpha value is -4.37. The Morgan fingerprint density at radius 1 is 0.935 bits per heavy atom. The number of benzene rings is 2. The van der Waals surface area contributed by atoms with E-state index in [-0.39, 0.29) is 11.8 Å². The summed E-state index contributed by atoms with van der Waals surface area (Å²) in [5, 5.41) is 7.70. The van der Waals surface area contributed by atoms with Crippen molar-refractivity contribution >= 4 is 24.3 Å². The van der Waals surface area contributed by atoms with Crippen LogP contribution in [0.5, 0.6) is 0 Å². The monoisotopic (exact) mass is 613 g/mol. The summed E-state index contributed by atoms with van der Waals surface area (Å²) in [5.41, 5.74) is 6.34. The fraction of sp³-hybridized carbons (Fsp3) is 0.326. The van der Waals surface area contributed by atoms with E-state index >= 15 is 0 Å². The smallest absolute Gasteiger partial charge is 0.150 e. The van der Waals surface area contributed by atoms with Crippen LogP contribution in [0.3, 0.4) is 0 Å². The van der Waals surface area contributed by atoms with Gasteiger partial charge in [-0.25, -0.2) is 4.99 Å². The predicted molar refractivity (Wildman–Crippen MR) is 205 cm³/mol. The molecule has 0 spiro atoms. The second-order valence-corrected chi connectivity index (χ2v) is 11.5. The molecule has 242 valence electrons. The summed E-state index contributed by atoms with van der Waals surface area (Å²) in [5.74, 6) is 1.32. The summed E-state index contributed by atoms with van der Waals surface area (Å²) >= 11 is 0. The second-order valence-electron chi connectivity index (χ2n) is 11.5. The molecule has 3 aliphatic rings. The van der Waals surface area contributed by atoms with E-state index in [0.29, 0.717) is 5.41 Å². The van der Waals surface area contributed by atoms with Crippen molar-refractivity contribution in [3.8, 4) is 0 Å². The lowest BCUT2D eigenvalue weighted by Gasteiger charge is -2.44. The summed E-state index contributed by atoms with van der Waals surface area (Å²) in [6, 6.07) is 20.9. The van der Waals surface area contributed by atoms with Crippen molar-refractivity contribution in [2.24, 2.45) is 21.3 Å². The van der Waals surface area contributed by atoms with E-state index in [1.54, 1.807) is 0 Å². The fourth-order valence-electron chi connectivity index (χ4n) is 5.76. The molecule has 2 aromatic carbocycles. The van der Waals surface area contributed by atoms with Gasteiger partial charge in [0.1, 0.15) is 0 Å². The number of nitrogens with one attached hydrogen (secondary N) is 1. The molecule has 3 nitrogen and oxygen atoms in total. The van der Waals surface area contributed by atoms with Crippen molar-refractivity contribution in [2.75, 3.05) is 6.54 Å². The third-order valence-corrected chi connectivity index (χ3v) is 7.98. The molecule has 0 amide bonds. The van der Waals surface area contributed by atoms with Crippen molar-refractivity contribution in [2.45, 2.75) is 72.6 Å². The van der Waals surface area contributed by atoms with Gasteiger partial charge in [0.15, 0.2) is 5.84 Å². The number of allylic oxidation sites excluding steroid dienone is 11. The van der Waals surface area contributed by atoms with Gasteiger partial charge in [-0.2, -0.15) is 0 Å². The Kier molecular flexibility index (Phi) is 17.6. The van der Waals surface area contributed by atoms with Gasteiger partial charge in [0.2, 0.25) is 0 Å². The lowest BCUT2D eigenvalue weighted by atomic mass is 9.62. The summed E-state index contributed by atoms with van der Waals surface area (Å²) in [6.45, 7) is 18.5. The van der Waals surface area contributed by atoms with Gasteiger partial charge in [-0.1, -0.05) is 156 Å². The number of rotatable bonds is 8. The van der Waals surface area contributed by atoms with Crippen molar-refractivity contribution in [1.29, 1.82) is 5.41 Å². The van der Waals surface area contributed by atoms with E-state index in [1.807, 2.05) is 70.3 Å². The van der Waals surface area contributed by atoms with Gasteiger partial charge in [-0.05, 0) is 72.4 Å². The number of hydrogen-bond acceptors (Lipinski definition) is 2. The van der Waals surface area contributed by atoms with Gasteiger partial charge in [0, 0.05) is 24.3 Å². The molecule has 0 bridgehead atoms. The molecule has 0 radical (unpaired) electrons. The van der Waals surface area contributed by atoms with E-state index in [0.717, 1.165) is 37.3 Å². The summed E-state index contributed by atoms with van der Waals surface area (Å²) < 4.78 is 0. The van der Waals surface area contributed by atoms with Crippen LogP contribution in [0.15, 0.2) is 149 Å². The number of amidine groups is 1. The average molecular weight is 614 g/mol. The molecule has 2 aromatic rings. The second kappa shape index (κ2) is 21.4. The maximum Gasteiger partial charge on any atom is 0.150 e. The van der Waals surface area contributed by atoms with Crippen LogP contribution < -0.4 is 0 Å². The van der Waals surface area contributed by atoms with E-state index < -0.39 is 0 Å². The van der Waals surface area contributed by atoms with Crippen molar-refractivity contribution in [3.63, 3.8) is 0 Å². The summed E-state index contributed by atoms with van der Waals surface area (Å²) in [7, 11) is 0. The molecule has 3 aliphatic carbocycles. The average Bonchev–Trinajstić information content (AvgIpc) is 3.33. The molecule has 0 saturated heterocycles. The first-order valence-electron chi connectivity index (χ1n) is 16.9. The van der Waals surface area contributed by atoms with Crippen molar-refractivity contribution < 1.29 is 0 Å². The van der Waals surface area contributed by atoms with Gasteiger partial charge >= 0.3 is 0 Å². The van der Waals surface area contributed by atoms with Crippen LogP contribution in [-0.4, -0.2) is 25.3 Å². The molecular weight excluding hydrogens is 558 g/mol. The highest BCUT2D eigenvalue weighted by Gasteiger charge is 2.38. The molecule has 46 heavy (non-hydrogen) atoms. The fourth-order valence-corrected chi connectivity index (χ4v) is 5.76. The molecule has 1 N–H and O–H groups in total. The molecule has 0 aliphatic heterocycles. The zero-order valence-electron chi connectivity index (χ0n) is 28.8. The van der Waals surface area contributed by atoms with Crippen LogP contribution in [0.4, 0.5) is 0 Å². The van der Waals surface area contributed by atoms with Crippen LogP contribution in [0.1, 0.15) is 83.8 Å². The minimum atomic E-state index is 0.230. The SMILES string of the molecule is C=CCC1CC(C)(CN=CC2=CCC(c3ccccc3)=CC=C2)C1.C=NC(=N)/C1=C/C/C=C\C(c2ccccc2)C=C1.CC.CC. The lowest BCUT2D eigenvalue weighted by molar-refractivity contribution is 0.0877. The summed E-state index contributed by atoms with van der Waals surface area (Å²) in [6.07, 6.45) is 28.7. The Morgan fingerprint density at radius 2 is 1.61 bits per heavy atom. The largest absolute Gasteiger partial charge is 0.292 e. The third-order valence-electron chi connectivity index (χ3n) is 7.98. The molecule has 1 unspecified atom stereocenters. The van der Waals surface area contributed by atoms with Crippen LogP contribution in [0, 0.1) is 16.7 Å². The van der Waals surface area contributed by atoms with Crippen LogP contribution in [0.25, 0.3) is 5.57 Å². The number of nitrogens with zero attached hydrogens (tertiary/aromatic N) is 2. The Labute approximate surface area is 279 Å². The molecule has 0 heterocycles. The van der Waals surface area contributed by atoms with Gasteiger partial charge in [0.25, 0.3) is 0 Å². The zero-order valence-corrected chi connectivity index (χ0v) is 28.8. The maximum atomic E-state index is 7.70. The highest BCUT2D eigenvalue weighted by atomic mass is 14.8. The van der Waals surface area contributed by atoms with Gasteiger partial charge in [-0.3, -0.25) is 10.4 Å². The molecule has 1 saturated carbocycles. The minimum absolute atomic E-state index is 0.230. The number of aliphatic imine (C=N–C) groups is 2. The zero-order chi connectivity index (χ0) is 33.6. The molecule has 1 fully saturated rings. The third kappa shape index (κ3) is 12.6. The first kappa shape index (κ1) is 37.8. The van der Waals surface area contributed by atoms with E-state index in [1.165, 1.54) is 35.1 Å². The number of hydrogen-bond donors (Lipinski definition) is 1. The van der Waals surface area contributed by atoms with Gasteiger partial charge in [0.05, 0.1) is 0 Å². The molecule has 1 atom stereocenters. The van der Waals surface area contributed by atoms with E-state index in [4.69, 9.17) is 10.4 Å². The molecule has 0 aromatic heterocycles. The first-order chi connectivity index (χ1) is 22.5. The van der Waals surface area contributed by atoms with Crippen molar-refractivity contribution in [1.82, 2.24) is 0 Å². The van der Waals surface area contributed by atoms with E-state index in [2.05, 4.69) is 110 Å². The Balaban J connectivity index is 0.000000299. The first-order valence-corrected chi connectivity index (χ1v) is 16.9. The predicted octanol–water partition coefficient (Wildman–Crippen LogP) is 12.0. The van der Waals surface area contributed by atoms with Gasteiger partial charge in [-0.15, -0.1) is 6.58 Å². The molecular formula is C43H55N3. The van der Waals surface area contributed by atoms with Crippen LogP contribution >= 0.6 is 0 Å². The maximum absolute atomic E-state index is 7.70. The Bertz CT molecular complexity index is 1430.